The number of amides is 2. The lowest BCUT2D eigenvalue weighted by atomic mass is 9.47. The second-order valence-corrected chi connectivity index (χ2v) is 17.3. The molecule has 15 nitrogen and oxygen atoms in total. The van der Waals surface area contributed by atoms with Crippen LogP contribution in [0.25, 0.3) is 10.9 Å². The van der Waals surface area contributed by atoms with Gasteiger partial charge in [-0.3, -0.25) is 28.9 Å². The normalized spacial score (nSPS) is 31.4. The van der Waals surface area contributed by atoms with E-state index in [0.29, 0.717) is 67.8 Å². The maximum absolute atomic E-state index is 15.3. The minimum atomic E-state index is -2.58. The summed E-state index contributed by atoms with van der Waals surface area (Å²) >= 11 is 0. The first-order valence-corrected chi connectivity index (χ1v) is 21.1. The van der Waals surface area contributed by atoms with Crippen LogP contribution < -0.4 is 9.64 Å². The van der Waals surface area contributed by atoms with Crippen molar-refractivity contribution in [2.24, 2.45) is 11.3 Å². The summed E-state index contributed by atoms with van der Waals surface area (Å²) in [6.07, 6.45) is 5.23. The molecule has 1 unspecified atom stereocenters. The second kappa shape index (κ2) is 15.4. The fourth-order valence-corrected chi connectivity index (χ4v) is 12.5. The van der Waals surface area contributed by atoms with E-state index in [4.69, 9.17) is 18.9 Å². The van der Waals surface area contributed by atoms with Gasteiger partial charge in [-0.15, -0.1) is 0 Å². The van der Waals surface area contributed by atoms with Crippen LogP contribution in [0.1, 0.15) is 75.3 Å². The highest BCUT2D eigenvalue weighted by Gasteiger charge is 2.81. The first kappa shape index (κ1) is 42.2. The number of aliphatic hydroxyl groups is 1. The first-order chi connectivity index (χ1) is 29.3. The molecule has 8 atom stereocenters. The van der Waals surface area contributed by atoms with Crippen molar-refractivity contribution in [3.63, 3.8) is 0 Å². The maximum atomic E-state index is 15.3. The number of H-pyrrole nitrogens is 1. The topological polar surface area (TPSA) is 185 Å². The number of benzene rings is 2. The molecule has 1 spiro atoms. The number of hydrogen-bond donors (Lipinski definition) is 2. The standard InChI is InChI=1S/C46H54N4O11/c1-7-29(54)20-28-23-45(41(55)59-5,37-31(14-18-48(24-28)25-51)30-12-9-10-13-34(30)47-37)33-21-32-35(22-36(33)58-4)50(26-52)39-44(32)16-19-49-17-11-15-43(8-2,38(44)49)40(61-27(3)53)46(39,57)42(56)60-6/h9-13,15,21-22,25-26,28,38-40,47,57H,7-8,14,16-20,23-24H2,1-6H3/t28?,38-,39-,40-,43-,44-,45+,46+/m1/s1. The fourth-order valence-electron chi connectivity index (χ4n) is 12.5. The highest BCUT2D eigenvalue weighted by molar-refractivity contribution is 5.97. The number of ether oxygens (including phenoxy) is 4. The van der Waals surface area contributed by atoms with Gasteiger partial charge < -0.3 is 38.8 Å². The van der Waals surface area contributed by atoms with Crippen molar-refractivity contribution in [1.82, 2.24) is 14.8 Å². The van der Waals surface area contributed by atoms with Crippen molar-refractivity contribution in [2.75, 3.05) is 52.4 Å². The van der Waals surface area contributed by atoms with Crippen LogP contribution in [0.2, 0.25) is 0 Å². The molecule has 8 rings (SSSR count). The number of Topliss-reactive ketones (excluding diaryl/α,β-unsaturated/α-hetero) is 1. The van der Waals surface area contributed by atoms with E-state index in [2.05, 4.69) is 9.88 Å². The average Bonchev–Trinajstić information content (AvgIpc) is 3.95. The van der Waals surface area contributed by atoms with Gasteiger partial charge in [0, 0.05) is 84.5 Å². The van der Waals surface area contributed by atoms with Gasteiger partial charge >= 0.3 is 17.9 Å². The molecule has 2 aromatic carbocycles. The average molecular weight is 839 g/mol. The molecule has 61 heavy (non-hydrogen) atoms. The van der Waals surface area contributed by atoms with Crippen LogP contribution in [0.15, 0.2) is 48.6 Å². The van der Waals surface area contributed by atoms with Gasteiger partial charge in [-0.25, -0.2) is 4.79 Å². The zero-order valence-electron chi connectivity index (χ0n) is 35.5. The third-order valence-electron chi connectivity index (χ3n) is 14.7. The van der Waals surface area contributed by atoms with Gasteiger partial charge in [-0.2, -0.15) is 0 Å². The van der Waals surface area contributed by atoms with Gasteiger partial charge in [0.15, 0.2) is 6.10 Å². The van der Waals surface area contributed by atoms with Gasteiger partial charge in [0.25, 0.3) is 0 Å². The predicted molar refractivity (Wildman–Crippen MR) is 222 cm³/mol. The van der Waals surface area contributed by atoms with Crippen molar-refractivity contribution < 1.29 is 52.8 Å². The summed E-state index contributed by atoms with van der Waals surface area (Å²) in [5.41, 5.74) is -3.23. The summed E-state index contributed by atoms with van der Waals surface area (Å²) in [4.78, 5) is 91.2. The summed E-state index contributed by atoms with van der Waals surface area (Å²) in [7, 11) is 3.93. The Labute approximate surface area is 354 Å². The van der Waals surface area contributed by atoms with E-state index in [1.165, 1.54) is 26.0 Å². The largest absolute Gasteiger partial charge is 0.496 e. The molecule has 5 heterocycles. The molecular weight excluding hydrogens is 785 g/mol. The zero-order chi connectivity index (χ0) is 43.6. The van der Waals surface area contributed by atoms with Gasteiger partial charge in [0.2, 0.25) is 18.4 Å². The van der Waals surface area contributed by atoms with Crippen LogP contribution in [-0.2, 0) is 60.2 Å². The molecule has 0 bridgehead atoms. The second-order valence-electron chi connectivity index (χ2n) is 17.3. The van der Waals surface area contributed by atoms with Crippen molar-refractivity contribution in [3.05, 3.63) is 70.9 Å². The zero-order valence-corrected chi connectivity index (χ0v) is 35.5. The number of para-hydroxylation sites is 1. The molecule has 1 aromatic heterocycles. The molecule has 324 valence electrons. The third-order valence-corrected chi connectivity index (χ3v) is 14.7. The summed E-state index contributed by atoms with van der Waals surface area (Å²) in [5, 5.41) is 14.1. The summed E-state index contributed by atoms with van der Waals surface area (Å²) < 4.78 is 23.5. The van der Waals surface area contributed by atoms with Crippen molar-refractivity contribution in [1.29, 1.82) is 0 Å². The monoisotopic (exact) mass is 838 g/mol. The highest BCUT2D eigenvalue weighted by Crippen LogP contribution is 2.68. The number of carbonyl (C=O) groups excluding carboxylic acids is 6. The minimum Gasteiger partial charge on any atom is -0.496 e. The molecule has 2 amide bonds. The Kier molecular flexibility index (Phi) is 10.7. The number of nitrogens with zero attached hydrogens (tertiary/aromatic N) is 3. The van der Waals surface area contributed by atoms with E-state index < -0.39 is 63.9 Å². The molecule has 1 saturated carbocycles. The number of aromatic nitrogens is 1. The number of esters is 3. The predicted octanol–water partition coefficient (Wildman–Crippen LogP) is 3.50. The fraction of sp³-hybridized carbons (Fsp3) is 0.522. The number of aromatic amines is 1. The van der Waals surface area contributed by atoms with Gasteiger partial charge in [-0.05, 0) is 61.4 Å². The smallest absolute Gasteiger partial charge is 0.344 e. The molecule has 4 aliphatic heterocycles. The molecule has 15 heteroatoms. The Bertz CT molecular complexity index is 2340. The van der Waals surface area contributed by atoms with Crippen molar-refractivity contribution >= 4 is 53.1 Å². The summed E-state index contributed by atoms with van der Waals surface area (Å²) in [5.74, 6) is -2.76. The SMILES string of the molecule is CCC(=O)CC1CN(C=O)CCc2c([nH]c3ccccc23)[C@@](C(=O)OC)(c2cc3c(cc2OC)N(C=O)[C@H]2[C@@](O)(C(=O)OC)[C@H](OC(C)=O)[C@]4(CC)C=CCN5CC[C@]32[C@H]54)C1. The number of carbonyl (C=O) groups is 6. The first-order valence-electron chi connectivity index (χ1n) is 21.1. The molecule has 0 radical (unpaired) electrons. The van der Waals surface area contributed by atoms with Crippen LogP contribution in [-0.4, -0.2) is 128 Å². The highest BCUT2D eigenvalue weighted by atomic mass is 16.6. The van der Waals surface area contributed by atoms with E-state index >= 15 is 4.79 Å². The molecule has 1 saturated heterocycles. The molecule has 2 fully saturated rings. The lowest BCUT2D eigenvalue weighted by Crippen LogP contribution is -2.81. The van der Waals surface area contributed by atoms with Crippen LogP contribution >= 0.6 is 0 Å². The Morgan fingerprint density at radius 1 is 0.967 bits per heavy atom. The Morgan fingerprint density at radius 3 is 2.38 bits per heavy atom. The van der Waals surface area contributed by atoms with E-state index in [-0.39, 0.29) is 37.3 Å². The van der Waals surface area contributed by atoms with Crippen LogP contribution in [0.3, 0.4) is 0 Å². The molecule has 5 aliphatic rings. The van der Waals surface area contributed by atoms with Gasteiger partial charge in [-0.1, -0.05) is 44.2 Å². The molecule has 1 aliphatic carbocycles. The quantitative estimate of drug-likeness (QED) is 0.124. The number of hydrogen-bond acceptors (Lipinski definition) is 12. The van der Waals surface area contributed by atoms with Crippen molar-refractivity contribution in [2.45, 2.75) is 93.9 Å². The molecule has 3 aromatic rings. The number of methoxy groups -OCH3 is 3. The van der Waals surface area contributed by atoms with E-state index in [1.807, 2.05) is 49.4 Å². The van der Waals surface area contributed by atoms with E-state index in [1.54, 1.807) is 17.9 Å². The molecule has 2 N–H and O–H groups in total. The number of anilines is 1. The number of rotatable bonds is 11. The lowest BCUT2D eigenvalue weighted by Gasteiger charge is -2.63. The minimum absolute atomic E-state index is 0.0242. The van der Waals surface area contributed by atoms with Crippen LogP contribution in [0.4, 0.5) is 5.69 Å². The molecular formula is C46H54N4O11. The maximum Gasteiger partial charge on any atom is 0.344 e. The van der Waals surface area contributed by atoms with Crippen molar-refractivity contribution in [3.8, 4) is 5.75 Å². The number of nitrogens with one attached hydrogen (secondary N) is 1. The summed E-state index contributed by atoms with van der Waals surface area (Å²) in [6.45, 7) is 6.47. The van der Waals surface area contributed by atoms with Crippen LogP contribution in [0.5, 0.6) is 5.75 Å². The Morgan fingerprint density at radius 2 is 1.72 bits per heavy atom. The van der Waals surface area contributed by atoms with Crippen LogP contribution in [0, 0.1) is 11.3 Å². The van der Waals surface area contributed by atoms with E-state index in [9.17, 15) is 29.1 Å². The summed E-state index contributed by atoms with van der Waals surface area (Å²) in [6, 6.07) is 9.36. The Hall–Kier alpha value is -5.54. The number of fused-ring (bicyclic) bond motifs is 4. The van der Waals surface area contributed by atoms with Gasteiger partial charge in [0.05, 0.1) is 33.1 Å². The Balaban J connectivity index is 1.49. The van der Waals surface area contributed by atoms with E-state index in [0.717, 1.165) is 30.0 Å². The lowest BCUT2D eigenvalue weighted by molar-refractivity contribution is -0.228. The van der Waals surface area contributed by atoms with Gasteiger partial charge in [0.1, 0.15) is 16.9 Å². The number of ketones is 1. The third kappa shape index (κ3) is 5.75.